The van der Waals surface area contributed by atoms with Crippen LogP contribution in [0.2, 0.25) is 0 Å². The van der Waals surface area contributed by atoms with E-state index >= 15 is 0 Å². The fourth-order valence-electron chi connectivity index (χ4n) is 3.01. The molecule has 0 N–H and O–H groups in total. The number of benzene rings is 2. The molecule has 0 atom stereocenters. The van der Waals surface area contributed by atoms with E-state index in [0.717, 1.165) is 23.9 Å². The molecule has 1 heterocycles. The van der Waals surface area contributed by atoms with Gasteiger partial charge in [0.2, 0.25) is 0 Å². The van der Waals surface area contributed by atoms with Gasteiger partial charge < -0.3 is 4.74 Å². The molecule has 0 aliphatic carbocycles. The summed E-state index contributed by atoms with van der Waals surface area (Å²) in [4.78, 5) is 12.3. The molecule has 3 aromatic rings. The molecular formula is C24H25F2N3O2S. The van der Waals surface area contributed by atoms with Crippen molar-refractivity contribution >= 4 is 17.5 Å². The lowest BCUT2D eigenvalue weighted by atomic mass is 9.87. The Bertz CT molecular complexity index is 1090. The van der Waals surface area contributed by atoms with Crippen LogP contribution in [0.3, 0.4) is 0 Å². The van der Waals surface area contributed by atoms with Crippen molar-refractivity contribution in [1.82, 2.24) is 14.8 Å². The number of nitrogens with zero attached hydrogens (tertiary/aromatic N) is 3. The summed E-state index contributed by atoms with van der Waals surface area (Å²) in [5.41, 5.74) is 0.712. The number of rotatable bonds is 9. The molecule has 0 saturated heterocycles. The van der Waals surface area contributed by atoms with Gasteiger partial charge in [0, 0.05) is 6.54 Å². The number of hydrogen-bond acceptors (Lipinski definition) is 5. The van der Waals surface area contributed by atoms with Crippen molar-refractivity contribution in [2.45, 2.75) is 44.5 Å². The van der Waals surface area contributed by atoms with Crippen LogP contribution in [0.5, 0.6) is 5.75 Å². The number of carbonyl (C=O) groups excluding carboxylic acids is 1. The van der Waals surface area contributed by atoms with Crippen LogP contribution in [-0.4, -0.2) is 26.3 Å². The first-order chi connectivity index (χ1) is 15.2. The maximum atomic E-state index is 13.8. The minimum atomic E-state index is -0.880. The van der Waals surface area contributed by atoms with Gasteiger partial charge in [-0.25, -0.2) is 8.78 Å². The second kappa shape index (κ2) is 10.1. The molecule has 0 radical (unpaired) electrons. The van der Waals surface area contributed by atoms with Crippen LogP contribution < -0.4 is 4.74 Å². The van der Waals surface area contributed by atoms with E-state index in [1.54, 1.807) is 10.6 Å². The monoisotopic (exact) mass is 457 g/mol. The van der Waals surface area contributed by atoms with Crippen molar-refractivity contribution < 1.29 is 18.3 Å². The number of hydrogen-bond donors (Lipinski definition) is 0. The standard InChI is InChI=1S/C24H25F2N3O2S/c1-5-13-29-21(14-31-17-11-9-16(10-12-17)24(2,3)4)27-28-23(29)32-15-20(30)22-18(25)7-6-8-19(22)26/h5-12H,1,13-15H2,2-4H3. The van der Waals surface area contributed by atoms with E-state index in [1.165, 1.54) is 11.6 Å². The first-order valence-corrected chi connectivity index (χ1v) is 11.1. The molecule has 0 aliphatic rings. The van der Waals surface area contributed by atoms with Crippen molar-refractivity contribution in [2.75, 3.05) is 5.75 Å². The maximum Gasteiger partial charge on any atom is 0.192 e. The van der Waals surface area contributed by atoms with E-state index in [2.05, 4.69) is 37.5 Å². The SMILES string of the molecule is C=CCn1c(COc2ccc(C(C)(C)C)cc2)nnc1SCC(=O)c1c(F)cccc1F. The van der Waals surface area contributed by atoms with Gasteiger partial charge in [-0.15, -0.1) is 16.8 Å². The third kappa shape index (κ3) is 5.62. The molecule has 168 valence electrons. The van der Waals surface area contributed by atoms with Gasteiger partial charge in [-0.05, 0) is 35.2 Å². The summed E-state index contributed by atoms with van der Waals surface area (Å²) in [5.74, 6) is -1.34. The minimum Gasteiger partial charge on any atom is -0.486 e. The fourth-order valence-corrected chi connectivity index (χ4v) is 3.85. The zero-order valence-electron chi connectivity index (χ0n) is 18.3. The topological polar surface area (TPSA) is 57.0 Å². The number of aromatic nitrogens is 3. The summed E-state index contributed by atoms with van der Waals surface area (Å²) in [6.45, 7) is 10.7. The second-order valence-corrected chi connectivity index (χ2v) is 9.11. The van der Waals surface area contributed by atoms with E-state index in [0.29, 0.717) is 23.3 Å². The van der Waals surface area contributed by atoms with Crippen molar-refractivity contribution in [3.63, 3.8) is 0 Å². The van der Waals surface area contributed by atoms with Crippen molar-refractivity contribution in [3.8, 4) is 5.75 Å². The highest BCUT2D eigenvalue weighted by Gasteiger charge is 2.20. The molecule has 0 bridgehead atoms. The highest BCUT2D eigenvalue weighted by Crippen LogP contribution is 2.25. The van der Waals surface area contributed by atoms with Gasteiger partial charge in [-0.3, -0.25) is 9.36 Å². The smallest absolute Gasteiger partial charge is 0.192 e. The summed E-state index contributed by atoms with van der Waals surface area (Å²) >= 11 is 1.06. The number of allylic oxidation sites excluding steroid dienone is 1. The first-order valence-electron chi connectivity index (χ1n) is 10.1. The van der Waals surface area contributed by atoms with E-state index in [1.807, 2.05) is 24.3 Å². The molecule has 2 aromatic carbocycles. The molecule has 0 unspecified atom stereocenters. The zero-order valence-corrected chi connectivity index (χ0v) is 19.1. The van der Waals surface area contributed by atoms with Crippen LogP contribution in [0.25, 0.3) is 0 Å². The van der Waals surface area contributed by atoms with Gasteiger partial charge in [0.15, 0.2) is 16.8 Å². The molecule has 0 aliphatic heterocycles. The Morgan fingerprint density at radius 1 is 1.12 bits per heavy atom. The van der Waals surface area contributed by atoms with Gasteiger partial charge >= 0.3 is 0 Å². The van der Waals surface area contributed by atoms with Crippen LogP contribution >= 0.6 is 11.8 Å². The van der Waals surface area contributed by atoms with Crippen molar-refractivity contribution in [1.29, 1.82) is 0 Å². The number of halogens is 2. The van der Waals surface area contributed by atoms with Crippen LogP contribution in [0.15, 0.2) is 60.3 Å². The van der Waals surface area contributed by atoms with Crippen LogP contribution in [0.1, 0.15) is 42.5 Å². The van der Waals surface area contributed by atoms with Crippen LogP contribution in [0.4, 0.5) is 8.78 Å². The Balaban J connectivity index is 1.68. The normalized spacial score (nSPS) is 11.4. The molecule has 0 spiro atoms. The molecule has 1 aromatic heterocycles. The Kier molecular flexibility index (Phi) is 7.45. The van der Waals surface area contributed by atoms with Gasteiger partial charge in [-0.2, -0.15) is 0 Å². The Hall–Kier alpha value is -3.00. The van der Waals surface area contributed by atoms with Gasteiger partial charge in [0.05, 0.1) is 11.3 Å². The Labute approximate surface area is 190 Å². The predicted octanol–water partition coefficient (Wildman–Crippen LogP) is 5.59. The van der Waals surface area contributed by atoms with Gasteiger partial charge in [-0.1, -0.05) is 56.8 Å². The fraction of sp³-hybridized carbons (Fsp3) is 0.292. The number of carbonyl (C=O) groups is 1. The lowest BCUT2D eigenvalue weighted by Gasteiger charge is -2.19. The average molecular weight is 458 g/mol. The molecule has 0 amide bonds. The highest BCUT2D eigenvalue weighted by atomic mass is 32.2. The lowest BCUT2D eigenvalue weighted by molar-refractivity contribution is 0.101. The number of ether oxygens (including phenoxy) is 1. The third-order valence-corrected chi connectivity index (χ3v) is 5.73. The van der Waals surface area contributed by atoms with Gasteiger partial charge in [0.25, 0.3) is 0 Å². The Morgan fingerprint density at radius 3 is 2.38 bits per heavy atom. The largest absolute Gasteiger partial charge is 0.486 e. The number of thioether (sulfide) groups is 1. The zero-order chi connectivity index (χ0) is 23.3. The molecule has 8 heteroatoms. The second-order valence-electron chi connectivity index (χ2n) is 8.17. The minimum absolute atomic E-state index is 0.0534. The van der Waals surface area contributed by atoms with Crippen molar-refractivity contribution in [2.24, 2.45) is 0 Å². The van der Waals surface area contributed by atoms with E-state index < -0.39 is 23.0 Å². The number of ketones is 1. The van der Waals surface area contributed by atoms with E-state index in [9.17, 15) is 13.6 Å². The molecule has 3 rings (SSSR count). The number of Topliss-reactive ketones (excluding diaryl/α,β-unsaturated/α-hetero) is 1. The summed E-state index contributed by atoms with van der Waals surface area (Å²) < 4.78 is 35.3. The van der Waals surface area contributed by atoms with Crippen molar-refractivity contribution in [3.05, 3.63) is 83.7 Å². The summed E-state index contributed by atoms with van der Waals surface area (Å²) in [5, 5.41) is 8.71. The molecule has 32 heavy (non-hydrogen) atoms. The lowest BCUT2D eigenvalue weighted by Crippen LogP contribution is -2.11. The molecular weight excluding hydrogens is 432 g/mol. The molecule has 0 fully saturated rings. The predicted molar refractivity (Wildman–Crippen MR) is 121 cm³/mol. The summed E-state index contributed by atoms with van der Waals surface area (Å²) in [6.07, 6.45) is 1.67. The quantitative estimate of drug-likeness (QED) is 0.238. The highest BCUT2D eigenvalue weighted by molar-refractivity contribution is 7.99. The van der Waals surface area contributed by atoms with E-state index in [4.69, 9.17) is 4.74 Å². The Morgan fingerprint density at radius 2 is 1.78 bits per heavy atom. The van der Waals surface area contributed by atoms with E-state index in [-0.39, 0.29) is 17.8 Å². The maximum absolute atomic E-state index is 13.8. The van der Waals surface area contributed by atoms with Crippen LogP contribution in [0, 0.1) is 11.6 Å². The average Bonchev–Trinajstić information content (AvgIpc) is 3.12. The molecule has 5 nitrogen and oxygen atoms in total. The summed E-state index contributed by atoms with van der Waals surface area (Å²) in [6, 6.07) is 11.2. The van der Waals surface area contributed by atoms with Gasteiger partial charge in [0.1, 0.15) is 24.0 Å². The molecule has 0 saturated carbocycles. The first kappa shape index (κ1) is 23.7. The van der Waals surface area contributed by atoms with Crippen LogP contribution in [-0.2, 0) is 18.6 Å². The third-order valence-electron chi connectivity index (χ3n) is 4.77. The summed E-state index contributed by atoms with van der Waals surface area (Å²) in [7, 11) is 0.